The van der Waals surface area contributed by atoms with Crippen molar-refractivity contribution in [3.8, 4) is 11.5 Å². The second-order valence-corrected chi connectivity index (χ2v) is 5.24. The fourth-order valence-electron chi connectivity index (χ4n) is 2.51. The number of fused-ring (bicyclic) bond motifs is 1. The Kier molecular flexibility index (Phi) is 2.73. The molecular weight excluding hydrogens is 228 g/mol. The van der Waals surface area contributed by atoms with E-state index in [-0.39, 0.29) is 0 Å². The fraction of sp³-hybridized carbons (Fsp3) is 0.571. The number of nitrogen functional groups attached to an aromatic ring is 1. The van der Waals surface area contributed by atoms with Crippen molar-refractivity contribution < 1.29 is 9.47 Å². The first-order valence-corrected chi connectivity index (χ1v) is 6.59. The number of hydrogen-bond acceptors (Lipinski definition) is 4. The van der Waals surface area contributed by atoms with Gasteiger partial charge in [-0.05, 0) is 25.7 Å². The van der Waals surface area contributed by atoms with Gasteiger partial charge >= 0.3 is 0 Å². The Labute approximate surface area is 108 Å². The molecule has 0 aromatic heterocycles. The van der Waals surface area contributed by atoms with E-state index in [9.17, 15) is 0 Å². The molecule has 3 rings (SSSR count). The van der Waals surface area contributed by atoms with Crippen molar-refractivity contribution in [2.45, 2.75) is 25.8 Å². The predicted octanol–water partition coefficient (Wildman–Crippen LogP) is 2.27. The molecule has 0 bridgehead atoms. The first-order chi connectivity index (χ1) is 8.66. The lowest BCUT2D eigenvalue weighted by atomic mass is 10.1. The minimum atomic E-state index is 0.523. The van der Waals surface area contributed by atoms with Gasteiger partial charge in [0.25, 0.3) is 0 Å². The Morgan fingerprint density at radius 1 is 1.22 bits per heavy atom. The summed E-state index contributed by atoms with van der Waals surface area (Å²) in [5.41, 5.74) is 7.93. The van der Waals surface area contributed by atoms with E-state index >= 15 is 0 Å². The molecule has 0 spiro atoms. The number of anilines is 2. The van der Waals surface area contributed by atoms with E-state index in [2.05, 4.69) is 18.9 Å². The van der Waals surface area contributed by atoms with Crippen LogP contribution < -0.4 is 20.1 Å². The van der Waals surface area contributed by atoms with Crippen LogP contribution in [0.3, 0.4) is 0 Å². The number of benzene rings is 1. The molecule has 1 aromatic rings. The SMILES string of the molecule is CC(C1CC1)N(C)c1cc2c(cc1N)OCCO2. The summed E-state index contributed by atoms with van der Waals surface area (Å²) in [6, 6.07) is 4.40. The Bertz CT molecular complexity index is 457. The van der Waals surface area contributed by atoms with Gasteiger partial charge in [0.05, 0.1) is 11.4 Å². The average molecular weight is 248 g/mol. The smallest absolute Gasteiger partial charge is 0.163 e. The van der Waals surface area contributed by atoms with E-state index in [4.69, 9.17) is 15.2 Å². The van der Waals surface area contributed by atoms with Crippen molar-refractivity contribution in [3.63, 3.8) is 0 Å². The molecule has 18 heavy (non-hydrogen) atoms. The molecule has 2 N–H and O–H groups in total. The van der Waals surface area contributed by atoms with Crippen molar-refractivity contribution in [1.29, 1.82) is 0 Å². The van der Waals surface area contributed by atoms with Gasteiger partial charge in [-0.15, -0.1) is 0 Å². The van der Waals surface area contributed by atoms with E-state index in [0.717, 1.165) is 28.8 Å². The van der Waals surface area contributed by atoms with E-state index in [0.29, 0.717) is 19.3 Å². The maximum atomic E-state index is 6.13. The third kappa shape index (κ3) is 1.96. The average Bonchev–Trinajstić information content (AvgIpc) is 3.20. The molecule has 0 saturated heterocycles. The monoisotopic (exact) mass is 248 g/mol. The number of hydrogen-bond donors (Lipinski definition) is 1. The van der Waals surface area contributed by atoms with Gasteiger partial charge in [0.15, 0.2) is 11.5 Å². The fourth-order valence-corrected chi connectivity index (χ4v) is 2.51. The number of rotatable bonds is 3. The van der Waals surface area contributed by atoms with Crippen LogP contribution in [-0.2, 0) is 0 Å². The van der Waals surface area contributed by atoms with Crippen LogP contribution in [0.2, 0.25) is 0 Å². The summed E-state index contributed by atoms with van der Waals surface area (Å²) >= 11 is 0. The summed E-state index contributed by atoms with van der Waals surface area (Å²) in [7, 11) is 2.10. The largest absolute Gasteiger partial charge is 0.486 e. The van der Waals surface area contributed by atoms with Gasteiger partial charge in [-0.2, -0.15) is 0 Å². The van der Waals surface area contributed by atoms with Crippen molar-refractivity contribution in [3.05, 3.63) is 12.1 Å². The van der Waals surface area contributed by atoms with E-state index in [1.54, 1.807) is 0 Å². The van der Waals surface area contributed by atoms with Crippen LogP contribution in [0, 0.1) is 5.92 Å². The molecule has 1 heterocycles. The van der Waals surface area contributed by atoms with Gasteiger partial charge < -0.3 is 20.1 Å². The Morgan fingerprint density at radius 2 is 1.83 bits per heavy atom. The Balaban J connectivity index is 1.90. The highest BCUT2D eigenvalue weighted by Gasteiger charge is 2.31. The zero-order valence-electron chi connectivity index (χ0n) is 11.0. The standard InChI is InChI=1S/C14H20N2O2/c1-9(10-3-4-10)16(2)12-8-14-13(7-11(12)15)17-5-6-18-14/h7-10H,3-6,15H2,1-2H3. The van der Waals surface area contributed by atoms with Gasteiger partial charge in [0, 0.05) is 25.2 Å². The van der Waals surface area contributed by atoms with Crippen molar-refractivity contribution in [1.82, 2.24) is 0 Å². The van der Waals surface area contributed by atoms with Crippen molar-refractivity contribution in [2.24, 2.45) is 5.92 Å². The van der Waals surface area contributed by atoms with Gasteiger partial charge in [0.1, 0.15) is 13.2 Å². The highest BCUT2D eigenvalue weighted by atomic mass is 16.6. The summed E-state index contributed by atoms with van der Waals surface area (Å²) in [5, 5.41) is 0. The topological polar surface area (TPSA) is 47.7 Å². The molecule has 2 aliphatic rings. The van der Waals surface area contributed by atoms with Crippen LogP contribution >= 0.6 is 0 Å². The van der Waals surface area contributed by atoms with Crippen LogP contribution in [0.5, 0.6) is 11.5 Å². The quantitative estimate of drug-likeness (QED) is 0.834. The molecule has 4 heteroatoms. The number of nitrogens with zero attached hydrogens (tertiary/aromatic N) is 1. The maximum Gasteiger partial charge on any atom is 0.163 e. The minimum Gasteiger partial charge on any atom is -0.486 e. The lowest BCUT2D eigenvalue weighted by Crippen LogP contribution is -2.31. The summed E-state index contributed by atoms with van der Waals surface area (Å²) < 4.78 is 11.2. The second kappa shape index (κ2) is 4.26. The molecule has 1 unspecified atom stereocenters. The molecule has 1 fully saturated rings. The lowest BCUT2D eigenvalue weighted by Gasteiger charge is -2.30. The molecule has 0 radical (unpaired) electrons. The van der Waals surface area contributed by atoms with Crippen molar-refractivity contribution >= 4 is 11.4 Å². The molecule has 1 atom stereocenters. The predicted molar refractivity (Wildman–Crippen MR) is 72.4 cm³/mol. The third-order valence-electron chi connectivity index (χ3n) is 3.99. The lowest BCUT2D eigenvalue weighted by molar-refractivity contribution is 0.172. The van der Waals surface area contributed by atoms with Crippen molar-refractivity contribution in [2.75, 3.05) is 30.9 Å². The highest BCUT2D eigenvalue weighted by molar-refractivity contribution is 5.73. The second-order valence-electron chi connectivity index (χ2n) is 5.24. The first kappa shape index (κ1) is 11.5. The number of ether oxygens (including phenoxy) is 2. The van der Waals surface area contributed by atoms with Crippen LogP contribution in [-0.4, -0.2) is 26.3 Å². The molecule has 1 aliphatic carbocycles. The summed E-state index contributed by atoms with van der Waals surface area (Å²) in [6.07, 6.45) is 2.66. The van der Waals surface area contributed by atoms with Crippen LogP contribution in [0.1, 0.15) is 19.8 Å². The van der Waals surface area contributed by atoms with E-state index in [1.807, 2.05) is 12.1 Å². The molecule has 1 aromatic carbocycles. The van der Waals surface area contributed by atoms with E-state index in [1.165, 1.54) is 12.8 Å². The van der Waals surface area contributed by atoms with Crippen LogP contribution in [0.4, 0.5) is 11.4 Å². The molecule has 4 nitrogen and oxygen atoms in total. The summed E-state index contributed by atoms with van der Waals surface area (Å²) in [4.78, 5) is 2.26. The van der Waals surface area contributed by atoms with Gasteiger partial charge in [0.2, 0.25) is 0 Å². The molecule has 98 valence electrons. The third-order valence-corrected chi connectivity index (χ3v) is 3.99. The zero-order valence-corrected chi connectivity index (χ0v) is 11.0. The van der Waals surface area contributed by atoms with E-state index < -0.39 is 0 Å². The van der Waals surface area contributed by atoms with Crippen LogP contribution in [0.25, 0.3) is 0 Å². The Morgan fingerprint density at radius 3 is 2.44 bits per heavy atom. The first-order valence-electron chi connectivity index (χ1n) is 6.59. The molecule has 0 amide bonds. The molecular formula is C14H20N2O2. The number of nitrogens with two attached hydrogens (primary N) is 1. The highest BCUT2D eigenvalue weighted by Crippen LogP contribution is 2.42. The Hall–Kier alpha value is -1.58. The van der Waals surface area contributed by atoms with Gasteiger partial charge in [-0.3, -0.25) is 0 Å². The summed E-state index contributed by atoms with van der Waals surface area (Å²) in [5.74, 6) is 2.37. The normalized spacial score (nSPS) is 19.4. The van der Waals surface area contributed by atoms with Crippen LogP contribution in [0.15, 0.2) is 12.1 Å². The minimum absolute atomic E-state index is 0.523. The summed E-state index contributed by atoms with van der Waals surface area (Å²) in [6.45, 7) is 3.46. The maximum absolute atomic E-state index is 6.13. The van der Waals surface area contributed by atoms with Gasteiger partial charge in [-0.25, -0.2) is 0 Å². The zero-order chi connectivity index (χ0) is 12.7. The molecule has 1 saturated carbocycles. The van der Waals surface area contributed by atoms with Gasteiger partial charge in [-0.1, -0.05) is 0 Å². The molecule has 1 aliphatic heterocycles.